The number of fused-ring (bicyclic) bond motifs is 1. The van der Waals surface area contributed by atoms with Crippen molar-refractivity contribution in [2.45, 2.75) is 0 Å². The van der Waals surface area contributed by atoms with Crippen molar-refractivity contribution in [3.05, 3.63) is 72.5 Å². The number of aromatic amines is 1. The third kappa shape index (κ3) is 3.30. The molecule has 4 aromatic rings. The number of rotatable bonds is 3. The first kappa shape index (κ1) is 16.6. The largest absolute Gasteiger partial charge is 0.382 e. The molecule has 0 saturated carbocycles. The summed E-state index contributed by atoms with van der Waals surface area (Å²) < 4.78 is 13.7. The highest BCUT2D eigenvalue weighted by atomic mass is 19.1. The molecule has 3 aromatic carbocycles. The Labute approximate surface area is 154 Å². The number of para-hydroxylation sites is 1. The van der Waals surface area contributed by atoms with Gasteiger partial charge in [0.25, 0.3) is 0 Å². The van der Waals surface area contributed by atoms with E-state index in [1.165, 1.54) is 12.1 Å². The third-order valence-electron chi connectivity index (χ3n) is 4.17. The van der Waals surface area contributed by atoms with Crippen LogP contribution in [0.4, 0.5) is 26.4 Å². The Bertz CT molecular complexity index is 1140. The van der Waals surface area contributed by atoms with Gasteiger partial charge in [0.15, 0.2) is 5.82 Å². The second-order valence-electron chi connectivity index (χ2n) is 5.98. The van der Waals surface area contributed by atoms with E-state index in [2.05, 4.69) is 20.8 Å². The van der Waals surface area contributed by atoms with Crippen LogP contribution in [0.3, 0.4) is 0 Å². The van der Waals surface area contributed by atoms with E-state index < -0.39 is 11.8 Å². The second-order valence-corrected chi connectivity index (χ2v) is 5.98. The highest BCUT2D eigenvalue weighted by molar-refractivity contribution is 6.03. The fraction of sp³-hybridized carbons (Fsp3) is 0. The Hall–Kier alpha value is -3.87. The van der Waals surface area contributed by atoms with Crippen molar-refractivity contribution in [1.29, 1.82) is 0 Å². The summed E-state index contributed by atoms with van der Waals surface area (Å²) in [7, 11) is 0. The quantitative estimate of drug-likeness (QED) is 0.429. The second kappa shape index (κ2) is 6.80. The van der Waals surface area contributed by atoms with E-state index >= 15 is 0 Å². The molecule has 0 aliphatic heterocycles. The van der Waals surface area contributed by atoms with Gasteiger partial charge < -0.3 is 16.4 Å². The molecule has 134 valence electrons. The summed E-state index contributed by atoms with van der Waals surface area (Å²) >= 11 is 0. The SMILES string of the molecule is Nc1n[nH]c2cccc(-c3cccc(NC(=O)Nc4ccccc4F)c3)c12. The van der Waals surface area contributed by atoms with Gasteiger partial charge in [0, 0.05) is 5.69 Å². The fourth-order valence-corrected chi connectivity index (χ4v) is 2.95. The minimum absolute atomic E-state index is 0.113. The number of anilines is 3. The Morgan fingerprint density at radius 2 is 1.81 bits per heavy atom. The van der Waals surface area contributed by atoms with Crippen LogP contribution in [-0.2, 0) is 0 Å². The number of hydrogen-bond donors (Lipinski definition) is 4. The number of amides is 2. The zero-order valence-corrected chi connectivity index (χ0v) is 14.2. The number of H-pyrrole nitrogens is 1. The minimum atomic E-state index is -0.529. The van der Waals surface area contributed by atoms with Crippen LogP contribution in [0, 0.1) is 5.82 Å². The molecule has 0 bridgehead atoms. The van der Waals surface area contributed by atoms with Crippen LogP contribution >= 0.6 is 0 Å². The summed E-state index contributed by atoms with van der Waals surface area (Å²) in [4.78, 5) is 12.2. The molecular formula is C20H16FN5O. The van der Waals surface area contributed by atoms with Crippen LogP contribution in [0.25, 0.3) is 22.0 Å². The van der Waals surface area contributed by atoms with Gasteiger partial charge in [-0.25, -0.2) is 9.18 Å². The number of nitrogen functional groups attached to an aromatic ring is 1. The van der Waals surface area contributed by atoms with Gasteiger partial charge in [-0.1, -0.05) is 36.4 Å². The molecule has 0 atom stereocenters. The fourth-order valence-electron chi connectivity index (χ4n) is 2.95. The van der Waals surface area contributed by atoms with Crippen LogP contribution in [0.1, 0.15) is 0 Å². The number of aromatic nitrogens is 2. The van der Waals surface area contributed by atoms with Crippen LogP contribution in [0.15, 0.2) is 66.7 Å². The van der Waals surface area contributed by atoms with Crippen LogP contribution in [0.5, 0.6) is 0 Å². The molecule has 1 heterocycles. The number of hydrogen-bond acceptors (Lipinski definition) is 3. The number of nitrogens with zero attached hydrogens (tertiary/aromatic N) is 1. The Morgan fingerprint density at radius 3 is 2.67 bits per heavy atom. The number of nitrogens with one attached hydrogen (secondary N) is 3. The molecule has 4 rings (SSSR count). The summed E-state index contributed by atoms with van der Waals surface area (Å²) in [5, 5.41) is 13.0. The topological polar surface area (TPSA) is 95.8 Å². The molecule has 0 unspecified atom stereocenters. The van der Waals surface area contributed by atoms with Gasteiger partial charge in [0.1, 0.15) is 5.82 Å². The summed E-state index contributed by atoms with van der Waals surface area (Å²) in [6.07, 6.45) is 0. The van der Waals surface area contributed by atoms with Gasteiger partial charge in [-0.3, -0.25) is 5.10 Å². The van der Waals surface area contributed by atoms with E-state index in [4.69, 9.17) is 5.73 Å². The normalized spacial score (nSPS) is 10.7. The minimum Gasteiger partial charge on any atom is -0.382 e. The molecule has 7 heteroatoms. The van der Waals surface area contributed by atoms with Crippen molar-refractivity contribution < 1.29 is 9.18 Å². The molecule has 0 radical (unpaired) electrons. The molecule has 6 nitrogen and oxygen atoms in total. The lowest BCUT2D eigenvalue weighted by atomic mass is 10.0. The highest BCUT2D eigenvalue weighted by Gasteiger charge is 2.11. The smallest absolute Gasteiger partial charge is 0.323 e. The molecular weight excluding hydrogens is 345 g/mol. The molecule has 0 spiro atoms. The number of benzene rings is 3. The number of nitrogens with two attached hydrogens (primary N) is 1. The summed E-state index contributed by atoms with van der Waals surface area (Å²) in [6.45, 7) is 0. The van der Waals surface area contributed by atoms with E-state index in [-0.39, 0.29) is 5.69 Å². The molecule has 0 aliphatic rings. The van der Waals surface area contributed by atoms with E-state index in [0.717, 1.165) is 22.0 Å². The number of urea groups is 1. The Morgan fingerprint density at radius 1 is 1.00 bits per heavy atom. The molecule has 5 N–H and O–H groups in total. The first-order valence-electron chi connectivity index (χ1n) is 8.27. The average Bonchev–Trinajstić information content (AvgIpc) is 3.05. The monoisotopic (exact) mass is 361 g/mol. The lowest BCUT2D eigenvalue weighted by Gasteiger charge is -2.10. The zero-order valence-electron chi connectivity index (χ0n) is 14.2. The molecule has 0 fully saturated rings. The van der Waals surface area contributed by atoms with Gasteiger partial charge in [-0.2, -0.15) is 5.10 Å². The predicted octanol–water partition coefficient (Wildman–Crippen LogP) is 4.60. The van der Waals surface area contributed by atoms with Crippen LogP contribution in [0.2, 0.25) is 0 Å². The van der Waals surface area contributed by atoms with E-state index in [9.17, 15) is 9.18 Å². The van der Waals surface area contributed by atoms with Crippen molar-refractivity contribution >= 4 is 34.1 Å². The summed E-state index contributed by atoms with van der Waals surface area (Å²) in [6, 6.07) is 18.5. The number of carbonyl (C=O) groups excluding carboxylic acids is 1. The maximum Gasteiger partial charge on any atom is 0.323 e. The third-order valence-corrected chi connectivity index (χ3v) is 4.17. The lowest BCUT2D eigenvalue weighted by Crippen LogP contribution is -2.20. The van der Waals surface area contributed by atoms with Crippen LogP contribution < -0.4 is 16.4 Å². The summed E-state index contributed by atoms with van der Waals surface area (Å²) in [5.41, 5.74) is 9.26. The average molecular weight is 361 g/mol. The number of halogens is 1. The van der Waals surface area contributed by atoms with Crippen molar-refractivity contribution in [3.8, 4) is 11.1 Å². The maximum atomic E-state index is 13.7. The van der Waals surface area contributed by atoms with Gasteiger partial charge >= 0.3 is 6.03 Å². The lowest BCUT2D eigenvalue weighted by molar-refractivity contribution is 0.262. The Kier molecular flexibility index (Phi) is 4.18. The maximum absolute atomic E-state index is 13.7. The number of carbonyl (C=O) groups is 1. The molecule has 0 aliphatic carbocycles. The van der Waals surface area contributed by atoms with Crippen molar-refractivity contribution in [3.63, 3.8) is 0 Å². The van der Waals surface area contributed by atoms with E-state index in [1.54, 1.807) is 18.2 Å². The molecule has 0 saturated heterocycles. The van der Waals surface area contributed by atoms with Crippen molar-refractivity contribution in [1.82, 2.24) is 10.2 Å². The first-order valence-corrected chi connectivity index (χ1v) is 8.27. The molecule has 27 heavy (non-hydrogen) atoms. The Balaban J connectivity index is 1.60. The van der Waals surface area contributed by atoms with Gasteiger partial charge in [-0.05, 0) is 41.5 Å². The van der Waals surface area contributed by atoms with Crippen molar-refractivity contribution in [2.24, 2.45) is 0 Å². The molecule has 1 aromatic heterocycles. The van der Waals surface area contributed by atoms with Crippen LogP contribution in [-0.4, -0.2) is 16.2 Å². The standard InChI is InChI=1S/C20H16FN5O/c21-15-8-1-2-9-16(15)24-20(27)23-13-6-3-5-12(11-13)14-7-4-10-17-18(14)19(22)26-25-17/h1-11H,(H3,22,25,26)(H2,23,24,27). The van der Waals surface area contributed by atoms with E-state index in [0.29, 0.717) is 11.5 Å². The zero-order chi connectivity index (χ0) is 18.8. The molecule has 2 amide bonds. The van der Waals surface area contributed by atoms with Gasteiger partial charge in [0.05, 0.1) is 16.6 Å². The highest BCUT2D eigenvalue weighted by Crippen LogP contribution is 2.32. The van der Waals surface area contributed by atoms with Gasteiger partial charge in [-0.15, -0.1) is 0 Å². The first-order chi connectivity index (χ1) is 13.1. The summed E-state index contributed by atoms with van der Waals surface area (Å²) in [5.74, 6) is -0.0835. The van der Waals surface area contributed by atoms with E-state index in [1.807, 2.05) is 36.4 Å². The predicted molar refractivity (Wildman–Crippen MR) is 105 cm³/mol. The van der Waals surface area contributed by atoms with Gasteiger partial charge in [0.2, 0.25) is 0 Å². The van der Waals surface area contributed by atoms with Crippen molar-refractivity contribution in [2.75, 3.05) is 16.4 Å².